The van der Waals surface area contributed by atoms with Crippen LogP contribution in [0.3, 0.4) is 0 Å². The molecule has 126 valence electrons. The van der Waals surface area contributed by atoms with E-state index in [0.717, 1.165) is 25.9 Å². The molecule has 2 aliphatic heterocycles. The predicted octanol–water partition coefficient (Wildman–Crippen LogP) is -0.785. The summed E-state index contributed by atoms with van der Waals surface area (Å²) < 4.78 is 0. The molecule has 8 heteroatoms. The van der Waals surface area contributed by atoms with Crippen LogP contribution >= 0.6 is 12.4 Å². The molecule has 2 fully saturated rings. The van der Waals surface area contributed by atoms with E-state index in [4.69, 9.17) is 0 Å². The molecule has 0 saturated carbocycles. The van der Waals surface area contributed by atoms with E-state index in [1.54, 1.807) is 0 Å². The highest BCUT2D eigenvalue weighted by atomic mass is 35.5. The van der Waals surface area contributed by atoms with Crippen molar-refractivity contribution in [3.63, 3.8) is 0 Å². The maximum atomic E-state index is 11.9. The molecule has 1 unspecified atom stereocenters. The highest BCUT2D eigenvalue weighted by molar-refractivity contribution is 6.35. The molecule has 0 radical (unpaired) electrons. The number of nitrogens with zero attached hydrogens (tertiary/aromatic N) is 2. The Hall–Kier alpha value is -1.34. The normalized spacial score (nSPS) is 21.8. The van der Waals surface area contributed by atoms with E-state index in [0.29, 0.717) is 32.1 Å². The number of likely N-dealkylation sites (N-methyl/N-ethyl adjacent to an activating group) is 1. The van der Waals surface area contributed by atoms with Gasteiger partial charge in [0.1, 0.15) is 6.54 Å². The van der Waals surface area contributed by atoms with Gasteiger partial charge in [-0.05, 0) is 38.8 Å². The van der Waals surface area contributed by atoms with Crippen molar-refractivity contribution in [3.05, 3.63) is 0 Å². The molecule has 22 heavy (non-hydrogen) atoms. The first kappa shape index (κ1) is 18.7. The zero-order valence-corrected chi connectivity index (χ0v) is 13.8. The number of nitrogens with one attached hydrogen (secondary N) is 2. The third-order valence-corrected chi connectivity index (χ3v) is 4.15. The van der Waals surface area contributed by atoms with Gasteiger partial charge in [-0.1, -0.05) is 0 Å². The Morgan fingerprint density at radius 1 is 1.27 bits per heavy atom. The SMILES string of the molecule is CCN1CCN(CC(=O)NCCC2CCNC2)C(=O)C1=O.Cl. The Kier molecular flexibility index (Phi) is 7.61. The quantitative estimate of drug-likeness (QED) is 0.625. The van der Waals surface area contributed by atoms with Gasteiger partial charge in [0.25, 0.3) is 0 Å². The molecule has 0 aliphatic carbocycles. The number of rotatable bonds is 6. The molecule has 2 N–H and O–H groups in total. The minimum atomic E-state index is -0.571. The first-order valence-electron chi connectivity index (χ1n) is 7.67. The minimum Gasteiger partial charge on any atom is -0.355 e. The molecule has 0 bridgehead atoms. The van der Waals surface area contributed by atoms with Crippen LogP contribution in [0.4, 0.5) is 0 Å². The van der Waals surface area contributed by atoms with E-state index in [1.165, 1.54) is 9.80 Å². The molecule has 0 aromatic carbocycles. The molecule has 2 heterocycles. The summed E-state index contributed by atoms with van der Waals surface area (Å²) in [5.41, 5.74) is 0. The summed E-state index contributed by atoms with van der Waals surface area (Å²) >= 11 is 0. The number of halogens is 1. The van der Waals surface area contributed by atoms with Gasteiger partial charge in [0.05, 0.1) is 0 Å². The van der Waals surface area contributed by atoms with Crippen molar-refractivity contribution in [1.29, 1.82) is 0 Å². The Morgan fingerprint density at radius 3 is 2.59 bits per heavy atom. The molecule has 2 saturated heterocycles. The number of piperazine rings is 1. The van der Waals surface area contributed by atoms with Crippen LogP contribution in [-0.2, 0) is 14.4 Å². The Morgan fingerprint density at radius 2 is 1.95 bits per heavy atom. The first-order chi connectivity index (χ1) is 10.1. The molecular weight excluding hydrogens is 308 g/mol. The van der Waals surface area contributed by atoms with Gasteiger partial charge in [-0.3, -0.25) is 14.4 Å². The van der Waals surface area contributed by atoms with E-state index >= 15 is 0 Å². The molecular formula is C14H25ClN4O3. The van der Waals surface area contributed by atoms with Crippen molar-refractivity contribution >= 4 is 30.1 Å². The van der Waals surface area contributed by atoms with Gasteiger partial charge in [0.2, 0.25) is 5.91 Å². The van der Waals surface area contributed by atoms with Gasteiger partial charge in [0, 0.05) is 26.2 Å². The first-order valence-corrected chi connectivity index (χ1v) is 7.67. The Labute approximate surface area is 137 Å². The Bertz CT molecular complexity index is 413. The largest absolute Gasteiger partial charge is 0.355 e. The summed E-state index contributed by atoms with van der Waals surface area (Å²) in [6, 6.07) is 0. The average molecular weight is 333 g/mol. The molecule has 2 rings (SSSR count). The van der Waals surface area contributed by atoms with E-state index in [1.807, 2.05) is 6.92 Å². The van der Waals surface area contributed by atoms with E-state index < -0.39 is 11.8 Å². The topological polar surface area (TPSA) is 81.8 Å². The zero-order valence-electron chi connectivity index (χ0n) is 13.0. The molecule has 0 aromatic heterocycles. The van der Waals surface area contributed by atoms with Crippen LogP contribution in [0.15, 0.2) is 0 Å². The van der Waals surface area contributed by atoms with E-state index in [9.17, 15) is 14.4 Å². The lowest BCUT2D eigenvalue weighted by Crippen LogP contribution is -2.56. The highest BCUT2D eigenvalue weighted by Gasteiger charge is 2.32. The standard InChI is InChI=1S/C14H24N4O3.ClH/c1-2-17-7-8-18(14(21)13(17)20)10-12(19)16-6-4-11-3-5-15-9-11;/h11,15H,2-10H2,1H3,(H,16,19);1H. The van der Waals surface area contributed by atoms with Crippen LogP contribution in [0.1, 0.15) is 19.8 Å². The monoisotopic (exact) mass is 332 g/mol. The van der Waals surface area contributed by atoms with Crippen molar-refractivity contribution < 1.29 is 14.4 Å². The summed E-state index contributed by atoms with van der Waals surface area (Å²) in [4.78, 5) is 38.3. The van der Waals surface area contributed by atoms with Crippen LogP contribution in [0.2, 0.25) is 0 Å². The molecule has 0 aromatic rings. The number of amides is 3. The second kappa shape index (κ2) is 8.95. The summed E-state index contributed by atoms with van der Waals surface area (Å²) in [6.45, 7) is 5.97. The summed E-state index contributed by atoms with van der Waals surface area (Å²) in [5, 5.41) is 6.12. The summed E-state index contributed by atoms with van der Waals surface area (Å²) in [6.07, 6.45) is 2.11. The molecule has 1 atom stereocenters. The molecule has 0 spiro atoms. The van der Waals surface area contributed by atoms with Crippen LogP contribution in [0.5, 0.6) is 0 Å². The van der Waals surface area contributed by atoms with Crippen LogP contribution < -0.4 is 10.6 Å². The van der Waals surface area contributed by atoms with Gasteiger partial charge >= 0.3 is 11.8 Å². The van der Waals surface area contributed by atoms with Crippen molar-refractivity contribution in [1.82, 2.24) is 20.4 Å². The second-order valence-electron chi connectivity index (χ2n) is 5.61. The molecule has 3 amide bonds. The fourth-order valence-electron chi connectivity index (χ4n) is 2.77. The lowest BCUT2D eigenvalue weighted by atomic mass is 10.1. The predicted molar refractivity (Wildman–Crippen MR) is 84.7 cm³/mol. The van der Waals surface area contributed by atoms with Crippen LogP contribution in [-0.4, -0.2) is 73.3 Å². The van der Waals surface area contributed by atoms with Crippen molar-refractivity contribution in [2.24, 2.45) is 5.92 Å². The van der Waals surface area contributed by atoms with Crippen LogP contribution in [0, 0.1) is 5.92 Å². The van der Waals surface area contributed by atoms with Gasteiger partial charge in [-0.2, -0.15) is 0 Å². The molecule has 7 nitrogen and oxygen atoms in total. The van der Waals surface area contributed by atoms with Crippen LogP contribution in [0.25, 0.3) is 0 Å². The summed E-state index contributed by atoms with van der Waals surface area (Å²) in [7, 11) is 0. The fraction of sp³-hybridized carbons (Fsp3) is 0.786. The van der Waals surface area contributed by atoms with Gasteiger partial charge in [-0.25, -0.2) is 0 Å². The maximum Gasteiger partial charge on any atom is 0.312 e. The number of carbonyl (C=O) groups is 3. The lowest BCUT2D eigenvalue weighted by Gasteiger charge is -2.32. The third kappa shape index (κ3) is 4.84. The summed E-state index contributed by atoms with van der Waals surface area (Å²) in [5.74, 6) is -0.638. The average Bonchev–Trinajstić information content (AvgIpc) is 2.97. The van der Waals surface area contributed by atoms with Crippen molar-refractivity contribution in [2.45, 2.75) is 19.8 Å². The van der Waals surface area contributed by atoms with Gasteiger partial charge < -0.3 is 20.4 Å². The van der Waals surface area contributed by atoms with Gasteiger partial charge in [-0.15, -0.1) is 12.4 Å². The number of hydrogen-bond donors (Lipinski definition) is 2. The second-order valence-corrected chi connectivity index (χ2v) is 5.61. The fourth-order valence-corrected chi connectivity index (χ4v) is 2.77. The van der Waals surface area contributed by atoms with Crippen molar-refractivity contribution in [3.8, 4) is 0 Å². The van der Waals surface area contributed by atoms with Crippen molar-refractivity contribution in [2.75, 3.05) is 45.8 Å². The zero-order chi connectivity index (χ0) is 15.2. The third-order valence-electron chi connectivity index (χ3n) is 4.15. The van der Waals surface area contributed by atoms with E-state index in [-0.39, 0.29) is 24.9 Å². The smallest absolute Gasteiger partial charge is 0.312 e. The number of hydrogen-bond acceptors (Lipinski definition) is 4. The Balaban J connectivity index is 0.00000242. The number of carbonyl (C=O) groups excluding carboxylic acids is 3. The molecule has 2 aliphatic rings. The van der Waals surface area contributed by atoms with Gasteiger partial charge in [0.15, 0.2) is 0 Å². The lowest BCUT2D eigenvalue weighted by molar-refractivity contribution is -0.156. The van der Waals surface area contributed by atoms with E-state index in [2.05, 4.69) is 10.6 Å². The highest BCUT2D eigenvalue weighted by Crippen LogP contribution is 2.10. The maximum absolute atomic E-state index is 11.9. The minimum absolute atomic E-state index is 0.